The maximum atomic E-state index is 5.62. The van der Waals surface area contributed by atoms with Crippen molar-refractivity contribution in [1.29, 1.82) is 0 Å². The van der Waals surface area contributed by atoms with Crippen LogP contribution in [0, 0.1) is 5.92 Å². The molecule has 0 unspecified atom stereocenters. The minimum absolute atomic E-state index is 0.624. The molecule has 3 heterocycles. The third-order valence-electron chi connectivity index (χ3n) is 3.88. The fourth-order valence-electron chi connectivity index (χ4n) is 2.69. The summed E-state index contributed by atoms with van der Waals surface area (Å²) in [7, 11) is 0. The number of aromatic nitrogens is 2. The second-order valence-corrected chi connectivity index (χ2v) is 6.10. The van der Waals surface area contributed by atoms with Gasteiger partial charge >= 0.3 is 0 Å². The molecule has 3 rings (SSSR count). The Labute approximate surface area is 122 Å². The van der Waals surface area contributed by atoms with E-state index in [1.54, 1.807) is 11.3 Å². The fourth-order valence-corrected chi connectivity index (χ4v) is 3.32. The third kappa shape index (κ3) is 3.26. The smallest absolute Gasteiger partial charge is 0.258 e. The van der Waals surface area contributed by atoms with Gasteiger partial charge in [-0.05, 0) is 56.3 Å². The van der Waals surface area contributed by atoms with Gasteiger partial charge in [-0.25, -0.2) is 0 Å². The Morgan fingerprint density at radius 1 is 1.40 bits per heavy atom. The summed E-state index contributed by atoms with van der Waals surface area (Å²) in [6, 6.07) is 2.00. The lowest BCUT2D eigenvalue weighted by molar-refractivity contribution is 0.168. The molecular weight excluding hydrogens is 272 g/mol. The number of nitrogens with two attached hydrogens (primary N) is 1. The Kier molecular flexibility index (Phi) is 4.44. The zero-order valence-electron chi connectivity index (χ0n) is 11.5. The van der Waals surface area contributed by atoms with E-state index in [0.29, 0.717) is 5.89 Å². The largest absolute Gasteiger partial charge is 0.334 e. The van der Waals surface area contributed by atoms with Gasteiger partial charge in [0, 0.05) is 5.38 Å². The highest BCUT2D eigenvalue weighted by Gasteiger charge is 2.20. The van der Waals surface area contributed by atoms with Gasteiger partial charge in [-0.3, -0.25) is 4.90 Å². The summed E-state index contributed by atoms with van der Waals surface area (Å²) in [5.41, 5.74) is 6.63. The first-order chi connectivity index (χ1) is 9.85. The van der Waals surface area contributed by atoms with Crippen LogP contribution in [0.25, 0.3) is 11.5 Å². The molecule has 0 saturated carbocycles. The lowest BCUT2D eigenvalue weighted by atomic mass is 9.94. The van der Waals surface area contributed by atoms with Crippen LogP contribution in [0.15, 0.2) is 21.3 Å². The minimum Gasteiger partial charge on any atom is -0.334 e. The molecule has 0 aliphatic carbocycles. The highest BCUT2D eigenvalue weighted by molar-refractivity contribution is 7.08. The van der Waals surface area contributed by atoms with Crippen molar-refractivity contribution in [2.24, 2.45) is 11.7 Å². The van der Waals surface area contributed by atoms with E-state index in [9.17, 15) is 0 Å². The van der Waals surface area contributed by atoms with Crippen molar-refractivity contribution in [3.63, 3.8) is 0 Å². The number of hydrogen-bond acceptors (Lipinski definition) is 6. The van der Waals surface area contributed by atoms with E-state index in [-0.39, 0.29) is 0 Å². The third-order valence-corrected chi connectivity index (χ3v) is 4.57. The summed E-state index contributed by atoms with van der Waals surface area (Å²) < 4.78 is 5.31. The van der Waals surface area contributed by atoms with Gasteiger partial charge in [0.2, 0.25) is 0 Å². The van der Waals surface area contributed by atoms with Crippen molar-refractivity contribution < 1.29 is 4.52 Å². The molecule has 1 saturated heterocycles. The Morgan fingerprint density at radius 3 is 2.95 bits per heavy atom. The molecular formula is C14H20N4OS. The van der Waals surface area contributed by atoms with E-state index in [1.807, 2.05) is 16.8 Å². The lowest BCUT2D eigenvalue weighted by Crippen LogP contribution is -2.34. The molecule has 0 bridgehead atoms. The van der Waals surface area contributed by atoms with Crippen molar-refractivity contribution in [1.82, 2.24) is 15.0 Å². The quantitative estimate of drug-likeness (QED) is 0.916. The first-order valence-corrected chi connectivity index (χ1v) is 8.07. The van der Waals surface area contributed by atoms with E-state index in [2.05, 4.69) is 15.0 Å². The van der Waals surface area contributed by atoms with Gasteiger partial charge in [-0.15, -0.1) is 0 Å². The Hall–Kier alpha value is -1.24. The Bertz CT molecular complexity index is 517. The normalized spacial score (nSPS) is 17.6. The minimum atomic E-state index is 0.624. The van der Waals surface area contributed by atoms with E-state index < -0.39 is 0 Å². The molecule has 1 fully saturated rings. The van der Waals surface area contributed by atoms with E-state index in [4.69, 9.17) is 10.3 Å². The average molecular weight is 292 g/mol. The number of hydrogen-bond donors (Lipinski definition) is 1. The molecule has 1 aliphatic heterocycles. The Balaban J connectivity index is 1.54. The van der Waals surface area contributed by atoms with Crippen LogP contribution in [0.3, 0.4) is 0 Å². The maximum Gasteiger partial charge on any atom is 0.258 e. The lowest BCUT2D eigenvalue weighted by Gasteiger charge is -2.30. The van der Waals surface area contributed by atoms with Crippen molar-refractivity contribution in [2.45, 2.75) is 25.8 Å². The molecule has 1 aliphatic rings. The standard InChI is InChI=1S/C14H20N4OS/c15-5-1-11-2-6-18(7-3-11)9-13-16-14(19-17-13)12-4-8-20-10-12/h4,8,10-11H,1-3,5-7,9,15H2. The number of rotatable bonds is 5. The second kappa shape index (κ2) is 6.47. The van der Waals surface area contributed by atoms with Crippen molar-refractivity contribution in [3.8, 4) is 11.5 Å². The van der Waals surface area contributed by atoms with Gasteiger partial charge in [0.15, 0.2) is 5.82 Å². The molecule has 0 aromatic carbocycles. The predicted molar refractivity (Wildman–Crippen MR) is 79.3 cm³/mol. The van der Waals surface area contributed by atoms with E-state index in [0.717, 1.165) is 49.9 Å². The van der Waals surface area contributed by atoms with Crippen LogP contribution < -0.4 is 5.73 Å². The predicted octanol–water partition coefficient (Wildman–Crippen LogP) is 2.36. The van der Waals surface area contributed by atoms with Crippen molar-refractivity contribution in [2.75, 3.05) is 19.6 Å². The topological polar surface area (TPSA) is 68.2 Å². The molecule has 6 heteroatoms. The number of nitrogens with zero attached hydrogens (tertiary/aromatic N) is 3. The molecule has 20 heavy (non-hydrogen) atoms. The number of likely N-dealkylation sites (tertiary alicyclic amines) is 1. The summed E-state index contributed by atoms with van der Waals surface area (Å²) in [5, 5.41) is 8.12. The van der Waals surface area contributed by atoms with Crippen LogP contribution in [0.1, 0.15) is 25.1 Å². The molecule has 0 atom stereocenters. The van der Waals surface area contributed by atoms with Crippen LogP contribution in [0.5, 0.6) is 0 Å². The molecule has 0 spiro atoms. The average Bonchev–Trinajstić information content (AvgIpc) is 3.12. The van der Waals surface area contributed by atoms with Crippen LogP contribution >= 0.6 is 11.3 Å². The zero-order chi connectivity index (χ0) is 13.8. The summed E-state index contributed by atoms with van der Waals surface area (Å²) in [6.07, 6.45) is 3.61. The van der Waals surface area contributed by atoms with E-state index in [1.165, 1.54) is 12.8 Å². The highest BCUT2D eigenvalue weighted by Crippen LogP contribution is 2.22. The van der Waals surface area contributed by atoms with Crippen LogP contribution in [0.4, 0.5) is 0 Å². The van der Waals surface area contributed by atoms with Crippen molar-refractivity contribution in [3.05, 3.63) is 22.7 Å². The zero-order valence-corrected chi connectivity index (χ0v) is 12.3. The van der Waals surface area contributed by atoms with E-state index >= 15 is 0 Å². The first kappa shape index (κ1) is 13.7. The molecule has 0 radical (unpaired) electrons. The number of piperidine rings is 1. The molecule has 0 amide bonds. The summed E-state index contributed by atoms with van der Waals surface area (Å²) in [5.74, 6) is 2.20. The fraction of sp³-hybridized carbons (Fsp3) is 0.571. The van der Waals surface area contributed by atoms with Crippen LogP contribution in [0.2, 0.25) is 0 Å². The van der Waals surface area contributed by atoms with Gasteiger partial charge in [0.25, 0.3) is 5.89 Å². The molecule has 108 valence electrons. The maximum absolute atomic E-state index is 5.62. The Morgan fingerprint density at radius 2 is 2.25 bits per heavy atom. The van der Waals surface area contributed by atoms with Crippen LogP contribution in [-0.2, 0) is 6.54 Å². The van der Waals surface area contributed by atoms with Gasteiger partial charge in [-0.1, -0.05) is 5.16 Å². The van der Waals surface area contributed by atoms with Gasteiger partial charge in [-0.2, -0.15) is 16.3 Å². The van der Waals surface area contributed by atoms with Gasteiger partial charge in [0.1, 0.15) is 0 Å². The van der Waals surface area contributed by atoms with Crippen molar-refractivity contribution >= 4 is 11.3 Å². The summed E-state index contributed by atoms with van der Waals surface area (Å²) in [6.45, 7) is 3.79. The number of thiophene rings is 1. The first-order valence-electron chi connectivity index (χ1n) is 7.12. The molecule has 2 aromatic rings. The second-order valence-electron chi connectivity index (χ2n) is 5.32. The monoisotopic (exact) mass is 292 g/mol. The van der Waals surface area contributed by atoms with Gasteiger partial charge in [0.05, 0.1) is 12.1 Å². The molecule has 2 aromatic heterocycles. The highest BCUT2D eigenvalue weighted by atomic mass is 32.1. The van der Waals surface area contributed by atoms with Crippen LogP contribution in [-0.4, -0.2) is 34.7 Å². The molecule has 2 N–H and O–H groups in total. The molecule has 5 nitrogen and oxygen atoms in total. The summed E-state index contributed by atoms with van der Waals surface area (Å²) in [4.78, 5) is 6.87. The van der Waals surface area contributed by atoms with Gasteiger partial charge < -0.3 is 10.3 Å². The summed E-state index contributed by atoms with van der Waals surface area (Å²) >= 11 is 1.64. The SMILES string of the molecule is NCCC1CCN(Cc2noc(-c3ccsc3)n2)CC1.